The largest absolute Gasteiger partial charge is 0.496 e. The summed E-state index contributed by atoms with van der Waals surface area (Å²) in [5, 5.41) is 6.59. The van der Waals surface area contributed by atoms with Crippen molar-refractivity contribution in [1.82, 2.24) is 9.91 Å². The lowest BCUT2D eigenvalue weighted by molar-refractivity contribution is -0.134. The minimum absolute atomic E-state index is 0.0766. The molecule has 0 radical (unpaired) electrons. The van der Waals surface area contributed by atoms with E-state index >= 15 is 0 Å². The van der Waals surface area contributed by atoms with Crippen LogP contribution in [0.1, 0.15) is 54.0 Å². The second kappa shape index (κ2) is 9.00. The number of hydrogen-bond acceptors (Lipinski definition) is 4. The number of methoxy groups -OCH3 is 1. The summed E-state index contributed by atoms with van der Waals surface area (Å²) in [5.74, 6) is 0.869. The van der Waals surface area contributed by atoms with Gasteiger partial charge in [-0.3, -0.25) is 9.69 Å². The fraction of sp³-hybridized carbons (Fsp3) is 0.440. The molecule has 1 saturated heterocycles. The summed E-state index contributed by atoms with van der Waals surface area (Å²) < 4.78 is 5.57. The predicted molar refractivity (Wildman–Crippen MR) is 120 cm³/mol. The van der Waals surface area contributed by atoms with E-state index in [4.69, 9.17) is 9.84 Å². The summed E-state index contributed by atoms with van der Waals surface area (Å²) in [7, 11) is 1.68. The summed E-state index contributed by atoms with van der Waals surface area (Å²) >= 11 is 0. The molecule has 1 fully saturated rings. The first-order valence-electron chi connectivity index (χ1n) is 10.9. The molecule has 0 aromatic heterocycles. The molecular formula is C25H31N3O2. The topological polar surface area (TPSA) is 45.1 Å². The Labute approximate surface area is 179 Å². The van der Waals surface area contributed by atoms with Crippen LogP contribution >= 0.6 is 0 Å². The van der Waals surface area contributed by atoms with Crippen LogP contribution in [0.2, 0.25) is 0 Å². The van der Waals surface area contributed by atoms with Gasteiger partial charge in [0.05, 0.1) is 25.4 Å². The first-order valence-corrected chi connectivity index (χ1v) is 10.9. The van der Waals surface area contributed by atoms with Gasteiger partial charge in [-0.05, 0) is 63.0 Å². The van der Waals surface area contributed by atoms with Gasteiger partial charge in [0.1, 0.15) is 5.75 Å². The van der Waals surface area contributed by atoms with Gasteiger partial charge in [-0.25, -0.2) is 5.01 Å². The highest BCUT2D eigenvalue weighted by molar-refractivity contribution is 6.05. The number of likely N-dealkylation sites (tertiary alicyclic amines) is 1. The third-order valence-corrected chi connectivity index (χ3v) is 6.19. The van der Waals surface area contributed by atoms with E-state index < -0.39 is 0 Å². The molecule has 1 atom stereocenters. The fourth-order valence-electron chi connectivity index (χ4n) is 4.53. The van der Waals surface area contributed by atoms with Crippen molar-refractivity contribution < 1.29 is 9.53 Å². The molecule has 2 aliphatic heterocycles. The molecule has 0 aliphatic carbocycles. The average Bonchev–Trinajstić information content (AvgIpc) is 3.21. The minimum atomic E-state index is -0.0814. The summed E-state index contributed by atoms with van der Waals surface area (Å²) in [5.41, 5.74) is 5.44. The number of benzene rings is 2. The van der Waals surface area contributed by atoms with Crippen molar-refractivity contribution in [3.05, 3.63) is 64.7 Å². The monoisotopic (exact) mass is 405 g/mol. The number of para-hydroxylation sites is 1. The van der Waals surface area contributed by atoms with Crippen molar-refractivity contribution >= 4 is 11.6 Å². The van der Waals surface area contributed by atoms with Gasteiger partial charge in [-0.1, -0.05) is 42.3 Å². The molecule has 0 bridgehead atoms. The van der Waals surface area contributed by atoms with Gasteiger partial charge < -0.3 is 4.74 Å². The number of rotatable bonds is 5. The molecule has 2 aromatic carbocycles. The number of aryl methyl sites for hydroxylation is 2. The number of hydrogen-bond donors (Lipinski definition) is 0. The standard InChI is InChI=1S/C25H31N3O2/c1-18-11-12-19(2)21(15-18)23-16-22(20-9-5-6-10-24(20)30-3)26-28(23)25(29)17-27-13-7-4-8-14-27/h5-6,9-12,15,23H,4,7-8,13-14,16-17H2,1-3H3. The van der Waals surface area contributed by atoms with E-state index in [1.807, 2.05) is 24.3 Å². The second-order valence-corrected chi connectivity index (χ2v) is 8.40. The van der Waals surface area contributed by atoms with Crippen molar-refractivity contribution in [3.8, 4) is 5.75 Å². The molecule has 2 aromatic rings. The molecule has 1 unspecified atom stereocenters. The van der Waals surface area contributed by atoms with E-state index in [0.29, 0.717) is 13.0 Å². The first kappa shape index (κ1) is 20.6. The lowest BCUT2D eigenvalue weighted by Crippen LogP contribution is -2.40. The summed E-state index contributed by atoms with van der Waals surface area (Å²) in [6.45, 7) is 6.64. The van der Waals surface area contributed by atoms with Gasteiger partial charge in [-0.15, -0.1) is 0 Å². The molecule has 2 aliphatic rings. The van der Waals surface area contributed by atoms with Crippen LogP contribution in [0.5, 0.6) is 5.75 Å². The zero-order valence-electron chi connectivity index (χ0n) is 18.2. The Morgan fingerprint density at radius 1 is 1.10 bits per heavy atom. The van der Waals surface area contributed by atoms with E-state index in [0.717, 1.165) is 30.1 Å². The van der Waals surface area contributed by atoms with Crippen molar-refractivity contribution in [2.45, 2.75) is 45.6 Å². The molecular weight excluding hydrogens is 374 g/mol. The van der Waals surface area contributed by atoms with E-state index in [2.05, 4.69) is 36.9 Å². The van der Waals surface area contributed by atoms with E-state index in [1.165, 1.54) is 36.0 Å². The maximum atomic E-state index is 13.4. The van der Waals surface area contributed by atoms with Crippen LogP contribution in [0.4, 0.5) is 0 Å². The van der Waals surface area contributed by atoms with E-state index in [1.54, 1.807) is 12.1 Å². The summed E-state index contributed by atoms with van der Waals surface area (Å²) in [4.78, 5) is 15.6. The van der Waals surface area contributed by atoms with Gasteiger partial charge >= 0.3 is 0 Å². The fourth-order valence-corrected chi connectivity index (χ4v) is 4.53. The Hall–Kier alpha value is -2.66. The molecule has 158 valence electrons. The Balaban J connectivity index is 1.67. The Morgan fingerprint density at radius 3 is 2.63 bits per heavy atom. The second-order valence-electron chi connectivity index (χ2n) is 8.40. The number of carbonyl (C=O) groups is 1. The number of carbonyl (C=O) groups excluding carboxylic acids is 1. The van der Waals surface area contributed by atoms with Crippen LogP contribution in [0.3, 0.4) is 0 Å². The van der Waals surface area contributed by atoms with Crippen LogP contribution in [-0.4, -0.2) is 48.3 Å². The minimum Gasteiger partial charge on any atom is -0.496 e. The average molecular weight is 406 g/mol. The maximum Gasteiger partial charge on any atom is 0.257 e. The molecule has 5 nitrogen and oxygen atoms in total. The SMILES string of the molecule is COc1ccccc1C1=NN(C(=O)CN2CCCCC2)C(c2cc(C)ccc2C)C1. The maximum absolute atomic E-state index is 13.4. The lowest BCUT2D eigenvalue weighted by atomic mass is 9.93. The Bertz CT molecular complexity index is 947. The van der Waals surface area contributed by atoms with Crippen LogP contribution in [0.25, 0.3) is 0 Å². The van der Waals surface area contributed by atoms with Crippen LogP contribution in [0.15, 0.2) is 47.6 Å². The van der Waals surface area contributed by atoms with Crippen molar-refractivity contribution in [2.24, 2.45) is 5.10 Å². The van der Waals surface area contributed by atoms with Crippen LogP contribution in [0, 0.1) is 13.8 Å². The Kier molecular flexibility index (Phi) is 6.18. The molecule has 1 amide bonds. The molecule has 4 rings (SSSR count). The normalized spacial score (nSPS) is 19.6. The number of ether oxygens (including phenoxy) is 1. The first-order chi connectivity index (χ1) is 14.6. The van der Waals surface area contributed by atoms with Crippen LogP contribution in [-0.2, 0) is 4.79 Å². The van der Waals surface area contributed by atoms with E-state index in [-0.39, 0.29) is 11.9 Å². The number of hydrazone groups is 1. The Morgan fingerprint density at radius 2 is 1.87 bits per heavy atom. The molecule has 30 heavy (non-hydrogen) atoms. The van der Waals surface area contributed by atoms with Crippen LogP contribution < -0.4 is 4.74 Å². The molecule has 0 spiro atoms. The summed E-state index contributed by atoms with van der Waals surface area (Å²) in [6.07, 6.45) is 4.29. The van der Waals surface area contributed by atoms with Crippen molar-refractivity contribution in [3.63, 3.8) is 0 Å². The number of nitrogens with zero attached hydrogens (tertiary/aromatic N) is 3. The molecule has 0 saturated carbocycles. The van der Waals surface area contributed by atoms with Gasteiger partial charge in [0.15, 0.2) is 0 Å². The highest BCUT2D eigenvalue weighted by atomic mass is 16.5. The van der Waals surface area contributed by atoms with Gasteiger partial charge in [-0.2, -0.15) is 5.10 Å². The molecule has 5 heteroatoms. The smallest absolute Gasteiger partial charge is 0.257 e. The third kappa shape index (κ3) is 4.26. The van der Waals surface area contributed by atoms with Crippen molar-refractivity contribution in [1.29, 1.82) is 0 Å². The third-order valence-electron chi connectivity index (χ3n) is 6.19. The van der Waals surface area contributed by atoms with Gasteiger partial charge in [0.2, 0.25) is 0 Å². The quantitative estimate of drug-likeness (QED) is 0.737. The number of piperidine rings is 1. The van der Waals surface area contributed by atoms with Crippen molar-refractivity contribution in [2.75, 3.05) is 26.7 Å². The molecule has 2 heterocycles. The highest BCUT2D eigenvalue weighted by Crippen LogP contribution is 2.36. The van der Waals surface area contributed by atoms with Gasteiger partial charge in [0.25, 0.3) is 5.91 Å². The summed E-state index contributed by atoms with van der Waals surface area (Å²) in [6, 6.07) is 14.3. The molecule has 0 N–H and O–H groups in total. The lowest BCUT2D eigenvalue weighted by Gasteiger charge is -2.29. The zero-order chi connectivity index (χ0) is 21.1. The van der Waals surface area contributed by atoms with E-state index in [9.17, 15) is 4.79 Å². The highest BCUT2D eigenvalue weighted by Gasteiger charge is 2.35. The number of amides is 1. The van der Waals surface area contributed by atoms with Gasteiger partial charge in [0, 0.05) is 12.0 Å². The zero-order valence-corrected chi connectivity index (χ0v) is 18.2. The predicted octanol–water partition coefficient (Wildman–Crippen LogP) is 4.48.